The molecule has 2 aromatic heterocycles. The minimum atomic E-state index is -0.0868. The zero-order chi connectivity index (χ0) is 20.6. The molecule has 0 aliphatic carbocycles. The van der Waals surface area contributed by atoms with Crippen LogP contribution in [0.4, 0.5) is 11.9 Å². The van der Waals surface area contributed by atoms with Crippen LogP contribution in [0.2, 0.25) is 0 Å². The maximum atomic E-state index is 5.97. The van der Waals surface area contributed by atoms with Crippen LogP contribution in [0.15, 0.2) is 35.3 Å². The highest BCUT2D eigenvalue weighted by Gasteiger charge is 2.30. The summed E-state index contributed by atoms with van der Waals surface area (Å²) in [6.07, 6.45) is 10.2. The van der Waals surface area contributed by atoms with E-state index >= 15 is 0 Å². The molecule has 0 spiro atoms. The van der Waals surface area contributed by atoms with Gasteiger partial charge in [0.15, 0.2) is 6.29 Å². The van der Waals surface area contributed by atoms with Gasteiger partial charge < -0.3 is 24.0 Å². The van der Waals surface area contributed by atoms with Crippen LogP contribution in [-0.4, -0.2) is 78.3 Å². The molecular weight excluding hydrogens is 452 g/mol. The minimum Gasteiger partial charge on any atom is -0.377 e. The van der Waals surface area contributed by atoms with Crippen molar-refractivity contribution in [2.45, 2.75) is 31.6 Å². The average Bonchev–Trinajstić information content (AvgIpc) is 2.80. The molecule has 10 heteroatoms. The number of nitrogens with zero attached hydrogens (tertiary/aromatic N) is 6. The first-order valence-corrected chi connectivity index (χ1v) is 11.2. The third-order valence-electron chi connectivity index (χ3n) is 5.16. The Labute approximate surface area is 184 Å². The van der Waals surface area contributed by atoms with Gasteiger partial charge in [-0.3, -0.25) is 0 Å². The monoisotopic (exact) mass is 478 g/mol. The predicted octanol–water partition coefficient (Wildman–Crippen LogP) is 2.28. The third-order valence-corrected chi connectivity index (χ3v) is 5.57. The van der Waals surface area contributed by atoms with Gasteiger partial charge >= 0.3 is 0 Å². The molecule has 1 unspecified atom stereocenters. The van der Waals surface area contributed by atoms with Crippen molar-refractivity contribution >= 4 is 27.8 Å². The highest BCUT2D eigenvalue weighted by atomic mass is 79.9. The van der Waals surface area contributed by atoms with Crippen molar-refractivity contribution < 1.29 is 14.2 Å². The number of hydrogen-bond donors (Lipinski definition) is 0. The van der Waals surface area contributed by atoms with E-state index in [2.05, 4.69) is 45.7 Å². The summed E-state index contributed by atoms with van der Waals surface area (Å²) in [7, 11) is 0. The van der Waals surface area contributed by atoms with Crippen LogP contribution in [-0.2, 0) is 14.2 Å². The van der Waals surface area contributed by atoms with Crippen molar-refractivity contribution in [2.75, 3.05) is 55.9 Å². The lowest BCUT2D eigenvalue weighted by atomic mass is 10.2. The summed E-state index contributed by atoms with van der Waals surface area (Å²) in [5, 5.41) is 0. The molecular formula is C20H27BrN6O3. The van der Waals surface area contributed by atoms with Gasteiger partial charge in [-0.1, -0.05) is 0 Å². The van der Waals surface area contributed by atoms with E-state index < -0.39 is 0 Å². The van der Waals surface area contributed by atoms with Gasteiger partial charge in [0, 0.05) is 51.0 Å². The van der Waals surface area contributed by atoms with Gasteiger partial charge in [0.25, 0.3) is 0 Å². The van der Waals surface area contributed by atoms with Crippen molar-refractivity contribution in [1.29, 1.82) is 0 Å². The topological polar surface area (TPSA) is 85.7 Å². The Morgan fingerprint density at radius 3 is 2.63 bits per heavy atom. The van der Waals surface area contributed by atoms with Gasteiger partial charge in [0.2, 0.25) is 11.9 Å². The zero-order valence-electron chi connectivity index (χ0n) is 16.9. The summed E-state index contributed by atoms with van der Waals surface area (Å²) in [5.74, 6) is 1.43. The minimum absolute atomic E-state index is 0.0827. The standard InChI is InChI=1S/C20H27BrN6O3/c21-16-12-24-19(25-13-16)26-7-8-27(20-22-5-3-6-23-20)17(14-26)15-28-10-11-30-18-4-1-2-9-29-18/h3,5-6,12-13,17-18H,1-2,4,7-11,14-15H2/t17-,18?/m1/s1. The van der Waals surface area contributed by atoms with Crippen LogP contribution in [0.3, 0.4) is 0 Å². The number of hydrogen-bond acceptors (Lipinski definition) is 9. The van der Waals surface area contributed by atoms with Gasteiger partial charge in [-0.2, -0.15) is 0 Å². The lowest BCUT2D eigenvalue weighted by Crippen LogP contribution is -2.56. The largest absolute Gasteiger partial charge is 0.377 e. The van der Waals surface area contributed by atoms with Gasteiger partial charge in [-0.25, -0.2) is 19.9 Å². The summed E-state index contributed by atoms with van der Waals surface area (Å²) in [6.45, 7) is 4.66. The molecule has 2 fully saturated rings. The molecule has 0 amide bonds. The molecule has 30 heavy (non-hydrogen) atoms. The van der Waals surface area contributed by atoms with E-state index in [4.69, 9.17) is 14.2 Å². The second-order valence-corrected chi connectivity index (χ2v) is 8.20. The summed E-state index contributed by atoms with van der Waals surface area (Å²) in [4.78, 5) is 22.1. The van der Waals surface area contributed by atoms with E-state index in [0.29, 0.717) is 25.8 Å². The first-order chi connectivity index (χ1) is 14.8. The molecule has 9 nitrogen and oxygen atoms in total. The highest BCUT2D eigenvalue weighted by molar-refractivity contribution is 9.10. The Bertz CT molecular complexity index is 763. The molecule has 2 aromatic rings. The van der Waals surface area contributed by atoms with Crippen molar-refractivity contribution in [1.82, 2.24) is 19.9 Å². The molecule has 4 heterocycles. The van der Waals surface area contributed by atoms with Gasteiger partial charge in [0.1, 0.15) is 0 Å². The van der Waals surface area contributed by atoms with Gasteiger partial charge in [-0.05, 0) is 41.3 Å². The lowest BCUT2D eigenvalue weighted by molar-refractivity contribution is -0.169. The van der Waals surface area contributed by atoms with E-state index in [1.807, 2.05) is 6.07 Å². The van der Waals surface area contributed by atoms with Crippen LogP contribution in [0.25, 0.3) is 0 Å². The van der Waals surface area contributed by atoms with Crippen molar-refractivity contribution in [3.05, 3.63) is 35.3 Å². The number of aromatic nitrogens is 4. The average molecular weight is 479 g/mol. The fourth-order valence-corrected chi connectivity index (χ4v) is 3.86. The van der Waals surface area contributed by atoms with Crippen LogP contribution in [0.1, 0.15) is 19.3 Å². The number of halogens is 1. The van der Waals surface area contributed by atoms with Crippen LogP contribution >= 0.6 is 15.9 Å². The molecule has 0 radical (unpaired) electrons. The molecule has 162 valence electrons. The van der Waals surface area contributed by atoms with Crippen LogP contribution < -0.4 is 9.80 Å². The number of piperazine rings is 1. The van der Waals surface area contributed by atoms with E-state index in [-0.39, 0.29) is 12.3 Å². The quantitative estimate of drug-likeness (QED) is 0.530. The second-order valence-electron chi connectivity index (χ2n) is 7.29. The highest BCUT2D eigenvalue weighted by Crippen LogP contribution is 2.20. The van der Waals surface area contributed by atoms with Crippen LogP contribution in [0, 0.1) is 0 Å². The molecule has 0 bridgehead atoms. The van der Waals surface area contributed by atoms with Crippen molar-refractivity contribution in [3.63, 3.8) is 0 Å². The Kier molecular flexibility index (Phi) is 7.79. The fraction of sp³-hybridized carbons (Fsp3) is 0.600. The molecule has 0 N–H and O–H groups in total. The van der Waals surface area contributed by atoms with E-state index in [1.54, 1.807) is 24.8 Å². The Hall–Kier alpha value is -1.88. The summed E-state index contributed by atoms with van der Waals surface area (Å²) >= 11 is 3.39. The molecule has 0 aromatic carbocycles. The van der Waals surface area contributed by atoms with E-state index in [0.717, 1.165) is 55.9 Å². The summed E-state index contributed by atoms with van der Waals surface area (Å²) in [5.41, 5.74) is 0. The van der Waals surface area contributed by atoms with Crippen LogP contribution in [0.5, 0.6) is 0 Å². The SMILES string of the molecule is Brc1cnc(N2CCN(c3ncccn3)[C@@H](COCCOC3CCCCO3)C2)nc1. The zero-order valence-corrected chi connectivity index (χ0v) is 18.5. The fourth-order valence-electron chi connectivity index (χ4n) is 3.65. The third kappa shape index (κ3) is 5.84. The smallest absolute Gasteiger partial charge is 0.225 e. The second kappa shape index (κ2) is 10.9. The Morgan fingerprint density at radius 1 is 1.03 bits per heavy atom. The van der Waals surface area contributed by atoms with E-state index in [1.165, 1.54) is 0 Å². The molecule has 4 rings (SSSR count). The van der Waals surface area contributed by atoms with Gasteiger partial charge in [0.05, 0.1) is 30.3 Å². The summed E-state index contributed by atoms with van der Waals surface area (Å²) in [6, 6.07) is 1.91. The first-order valence-electron chi connectivity index (χ1n) is 10.4. The number of anilines is 2. The first kappa shape index (κ1) is 21.4. The van der Waals surface area contributed by atoms with Gasteiger partial charge in [-0.15, -0.1) is 0 Å². The summed E-state index contributed by atoms with van der Waals surface area (Å²) < 4.78 is 18.2. The van der Waals surface area contributed by atoms with E-state index in [9.17, 15) is 0 Å². The number of rotatable bonds is 8. The van der Waals surface area contributed by atoms with Crippen molar-refractivity contribution in [2.24, 2.45) is 0 Å². The number of ether oxygens (including phenoxy) is 3. The Balaban J connectivity index is 1.33. The Morgan fingerprint density at radius 2 is 1.87 bits per heavy atom. The van der Waals surface area contributed by atoms with Crippen molar-refractivity contribution in [3.8, 4) is 0 Å². The molecule has 2 saturated heterocycles. The molecule has 2 aliphatic rings. The molecule has 0 saturated carbocycles. The normalized spacial score (nSPS) is 22.3. The maximum absolute atomic E-state index is 5.97. The maximum Gasteiger partial charge on any atom is 0.225 e. The molecule has 2 atom stereocenters. The molecule has 2 aliphatic heterocycles. The lowest BCUT2D eigenvalue weighted by Gasteiger charge is -2.41. The predicted molar refractivity (Wildman–Crippen MR) is 115 cm³/mol.